The molecule has 1 atom stereocenters. The lowest BCUT2D eigenvalue weighted by Gasteiger charge is -2.40. The van der Waals surface area contributed by atoms with Crippen LogP contribution in [0.15, 0.2) is 24.3 Å². The number of piperazine rings is 1. The van der Waals surface area contributed by atoms with E-state index in [1.54, 1.807) is 6.08 Å². The number of halogens is 1. The predicted octanol–water partition coefficient (Wildman–Crippen LogP) is 2.58. The Balaban J connectivity index is 2.37. The molecule has 0 bridgehead atoms. The number of rotatable bonds is 3. The van der Waals surface area contributed by atoms with Crippen molar-refractivity contribution in [3.63, 3.8) is 0 Å². The summed E-state index contributed by atoms with van der Waals surface area (Å²) in [5, 5.41) is 9.45. The summed E-state index contributed by atoms with van der Waals surface area (Å²) in [5.74, 6) is -0.956. The SMILES string of the molecule is CC1CN(C)CCN1c1c(Cl)cccc1/C=C/C(=O)O. The maximum atomic E-state index is 10.7. The van der Waals surface area contributed by atoms with E-state index in [9.17, 15) is 4.79 Å². The van der Waals surface area contributed by atoms with Crippen molar-refractivity contribution in [2.45, 2.75) is 13.0 Å². The predicted molar refractivity (Wildman–Crippen MR) is 82.4 cm³/mol. The summed E-state index contributed by atoms with van der Waals surface area (Å²) in [4.78, 5) is 15.2. The minimum Gasteiger partial charge on any atom is -0.478 e. The van der Waals surface area contributed by atoms with Gasteiger partial charge in [-0.1, -0.05) is 23.7 Å². The molecule has 20 heavy (non-hydrogen) atoms. The van der Waals surface area contributed by atoms with Gasteiger partial charge in [-0.25, -0.2) is 4.79 Å². The van der Waals surface area contributed by atoms with Crippen LogP contribution in [0.1, 0.15) is 12.5 Å². The summed E-state index contributed by atoms with van der Waals surface area (Å²) in [6.07, 6.45) is 2.75. The molecule has 1 heterocycles. The van der Waals surface area contributed by atoms with Crippen LogP contribution in [-0.2, 0) is 4.79 Å². The minimum absolute atomic E-state index is 0.339. The molecule has 1 fully saturated rings. The third kappa shape index (κ3) is 3.32. The van der Waals surface area contributed by atoms with Gasteiger partial charge in [-0.15, -0.1) is 0 Å². The molecule has 1 aromatic carbocycles. The second-order valence-corrected chi connectivity index (χ2v) is 5.56. The Labute approximate surface area is 124 Å². The summed E-state index contributed by atoms with van der Waals surface area (Å²) in [6, 6.07) is 5.92. The molecule has 0 aromatic heterocycles. The third-order valence-corrected chi connectivity index (χ3v) is 3.85. The molecular weight excluding hydrogens is 276 g/mol. The molecule has 1 N–H and O–H groups in total. The van der Waals surface area contributed by atoms with Gasteiger partial charge in [0.1, 0.15) is 0 Å². The summed E-state index contributed by atoms with van der Waals surface area (Å²) >= 11 is 6.34. The van der Waals surface area contributed by atoms with E-state index in [1.807, 2.05) is 18.2 Å². The summed E-state index contributed by atoms with van der Waals surface area (Å²) in [7, 11) is 2.10. The van der Waals surface area contributed by atoms with Crippen LogP contribution in [-0.4, -0.2) is 48.7 Å². The number of benzene rings is 1. The number of carbonyl (C=O) groups is 1. The van der Waals surface area contributed by atoms with Crippen molar-refractivity contribution in [2.75, 3.05) is 31.6 Å². The highest BCUT2D eigenvalue weighted by atomic mass is 35.5. The Bertz CT molecular complexity index is 531. The van der Waals surface area contributed by atoms with Crippen LogP contribution in [0.2, 0.25) is 5.02 Å². The highest BCUT2D eigenvalue weighted by molar-refractivity contribution is 6.33. The molecule has 2 rings (SSSR count). The van der Waals surface area contributed by atoms with Gasteiger partial charge in [0.05, 0.1) is 10.7 Å². The largest absolute Gasteiger partial charge is 0.478 e. The van der Waals surface area contributed by atoms with Gasteiger partial charge in [-0.3, -0.25) is 0 Å². The van der Waals surface area contributed by atoms with E-state index in [0.717, 1.165) is 37.0 Å². The monoisotopic (exact) mass is 294 g/mol. The van der Waals surface area contributed by atoms with Crippen LogP contribution in [0.5, 0.6) is 0 Å². The van der Waals surface area contributed by atoms with Crippen LogP contribution in [0.3, 0.4) is 0 Å². The Kier molecular flexibility index (Phi) is 4.68. The molecule has 4 nitrogen and oxygen atoms in total. The van der Waals surface area contributed by atoms with Crippen molar-refractivity contribution in [2.24, 2.45) is 0 Å². The lowest BCUT2D eigenvalue weighted by Crippen LogP contribution is -2.50. The molecular formula is C15H19ClN2O2. The molecule has 0 saturated carbocycles. The average Bonchev–Trinajstić information content (AvgIpc) is 2.37. The fourth-order valence-corrected chi connectivity index (χ4v) is 2.89. The number of hydrogen-bond donors (Lipinski definition) is 1. The van der Waals surface area contributed by atoms with E-state index in [0.29, 0.717) is 11.1 Å². The van der Waals surface area contributed by atoms with Crippen molar-refractivity contribution in [3.05, 3.63) is 34.9 Å². The van der Waals surface area contributed by atoms with Crippen LogP contribution in [0.25, 0.3) is 6.08 Å². The molecule has 0 radical (unpaired) electrons. The number of aliphatic carboxylic acids is 1. The number of para-hydroxylation sites is 1. The number of nitrogens with zero attached hydrogens (tertiary/aromatic N) is 2. The van der Waals surface area contributed by atoms with E-state index >= 15 is 0 Å². The number of hydrogen-bond acceptors (Lipinski definition) is 3. The van der Waals surface area contributed by atoms with Crippen molar-refractivity contribution in [1.82, 2.24) is 4.90 Å². The zero-order valence-corrected chi connectivity index (χ0v) is 12.5. The van der Waals surface area contributed by atoms with Crippen molar-refractivity contribution >= 4 is 29.3 Å². The topological polar surface area (TPSA) is 43.8 Å². The fraction of sp³-hybridized carbons (Fsp3) is 0.400. The molecule has 1 aromatic rings. The van der Waals surface area contributed by atoms with Gasteiger partial charge in [0, 0.05) is 31.8 Å². The standard InChI is InChI=1S/C15H19ClN2O2/c1-11-10-17(2)8-9-18(11)15-12(6-7-14(19)20)4-3-5-13(15)16/h3-7,11H,8-10H2,1-2H3,(H,19,20)/b7-6+. The van der Waals surface area contributed by atoms with E-state index in [2.05, 4.69) is 23.8 Å². The first kappa shape index (κ1) is 14.9. The highest BCUT2D eigenvalue weighted by Gasteiger charge is 2.24. The smallest absolute Gasteiger partial charge is 0.328 e. The Morgan fingerprint density at radius 3 is 2.85 bits per heavy atom. The molecule has 0 spiro atoms. The first-order valence-electron chi connectivity index (χ1n) is 6.63. The molecule has 1 unspecified atom stereocenters. The van der Waals surface area contributed by atoms with Gasteiger partial charge in [0.25, 0.3) is 0 Å². The maximum absolute atomic E-state index is 10.7. The first-order chi connectivity index (χ1) is 9.49. The van der Waals surface area contributed by atoms with Gasteiger partial charge in [-0.2, -0.15) is 0 Å². The van der Waals surface area contributed by atoms with Crippen molar-refractivity contribution < 1.29 is 9.90 Å². The minimum atomic E-state index is -0.956. The van der Waals surface area contributed by atoms with Gasteiger partial charge in [0.15, 0.2) is 0 Å². The van der Waals surface area contributed by atoms with Crippen LogP contribution < -0.4 is 4.90 Å². The van der Waals surface area contributed by atoms with E-state index < -0.39 is 5.97 Å². The van der Waals surface area contributed by atoms with Crippen molar-refractivity contribution in [3.8, 4) is 0 Å². The molecule has 0 amide bonds. The zero-order valence-electron chi connectivity index (χ0n) is 11.7. The summed E-state index contributed by atoms with van der Waals surface area (Å²) in [5.41, 5.74) is 1.77. The second kappa shape index (κ2) is 6.29. The van der Waals surface area contributed by atoms with Gasteiger partial charge in [-0.05, 0) is 31.7 Å². The van der Waals surface area contributed by atoms with E-state index in [-0.39, 0.29) is 0 Å². The molecule has 0 aliphatic carbocycles. The quantitative estimate of drug-likeness (QED) is 0.870. The first-order valence-corrected chi connectivity index (χ1v) is 7.01. The molecule has 1 aliphatic heterocycles. The number of carboxylic acids is 1. The number of likely N-dealkylation sites (N-methyl/N-ethyl adjacent to an activating group) is 1. The molecule has 108 valence electrons. The lowest BCUT2D eigenvalue weighted by molar-refractivity contribution is -0.131. The number of anilines is 1. The lowest BCUT2D eigenvalue weighted by atomic mass is 10.1. The molecule has 1 aliphatic rings. The molecule has 1 saturated heterocycles. The maximum Gasteiger partial charge on any atom is 0.328 e. The van der Waals surface area contributed by atoms with Gasteiger partial charge in [0.2, 0.25) is 0 Å². The van der Waals surface area contributed by atoms with Gasteiger partial charge < -0.3 is 14.9 Å². The third-order valence-electron chi connectivity index (χ3n) is 3.54. The van der Waals surface area contributed by atoms with Crippen LogP contribution in [0.4, 0.5) is 5.69 Å². The van der Waals surface area contributed by atoms with Crippen LogP contribution >= 0.6 is 11.6 Å². The van der Waals surface area contributed by atoms with Crippen LogP contribution in [0, 0.1) is 0 Å². The Hall–Kier alpha value is -1.52. The van der Waals surface area contributed by atoms with E-state index in [1.165, 1.54) is 0 Å². The zero-order chi connectivity index (χ0) is 14.7. The normalized spacial score (nSPS) is 20.6. The summed E-state index contributed by atoms with van der Waals surface area (Å²) in [6.45, 7) is 4.98. The average molecular weight is 295 g/mol. The fourth-order valence-electron chi connectivity index (χ4n) is 2.60. The molecule has 5 heteroatoms. The Morgan fingerprint density at radius 1 is 1.45 bits per heavy atom. The summed E-state index contributed by atoms with van der Waals surface area (Å²) < 4.78 is 0. The Morgan fingerprint density at radius 2 is 2.20 bits per heavy atom. The van der Waals surface area contributed by atoms with Crippen molar-refractivity contribution in [1.29, 1.82) is 0 Å². The van der Waals surface area contributed by atoms with Gasteiger partial charge >= 0.3 is 5.97 Å². The number of carboxylic acid groups (broad SMARTS) is 1. The highest BCUT2D eigenvalue weighted by Crippen LogP contribution is 2.33. The van der Waals surface area contributed by atoms with E-state index in [4.69, 9.17) is 16.7 Å². The second-order valence-electron chi connectivity index (χ2n) is 5.15.